The van der Waals surface area contributed by atoms with E-state index in [0.29, 0.717) is 18.4 Å². The van der Waals surface area contributed by atoms with E-state index in [4.69, 9.17) is 9.47 Å². The molecule has 0 aromatic heterocycles. The average molecular weight is 301 g/mol. The third-order valence-corrected chi connectivity index (χ3v) is 3.57. The van der Waals surface area contributed by atoms with Crippen molar-refractivity contribution in [1.29, 1.82) is 0 Å². The Morgan fingerprint density at radius 1 is 1.06 bits per heavy atom. The molecule has 0 saturated carbocycles. The molecule has 96 valence electrons. The minimum Gasteiger partial charge on any atom is -0.494 e. The Morgan fingerprint density at radius 2 is 1.59 bits per heavy atom. The van der Waals surface area contributed by atoms with E-state index >= 15 is 0 Å². The van der Waals surface area contributed by atoms with E-state index in [-0.39, 0.29) is 0 Å². The molecule has 0 aliphatic rings. The summed E-state index contributed by atoms with van der Waals surface area (Å²) >= 11 is 3.52. The molecule has 1 aromatic rings. The van der Waals surface area contributed by atoms with Crippen LogP contribution in [-0.4, -0.2) is 18.5 Å². The lowest BCUT2D eigenvalue weighted by molar-refractivity contribution is 0.227. The topological polar surface area (TPSA) is 18.5 Å². The van der Waals surface area contributed by atoms with Crippen LogP contribution >= 0.6 is 15.9 Å². The van der Waals surface area contributed by atoms with Gasteiger partial charge in [0.25, 0.3) is 0 Å². The highest BCUT2D eigenvalue weighted by molar-refractivity contribution is 9.09. The first-order chi connectivity index (χ1) is 8.17. The maximum absolute atomic E-state index is 5.77. The first kappa shape index (κ1) is 14.4. The molecule has 0 amide bonds. The maximum Gasteiger partial charge on any atom is 0.119 e. The average Bonchev–Trinajstić information content (AvgIpc) is 2.32. The molecule has 0 radical (unpaired) electrons. The zero-order chi connectivity index (χ0) is 12.7. The van der Waals surface area contributed by atoms with Crippen LogP contribution in [0.5, 0.6) is 11.5 Å². The highest BCUT2D eigenvalue weighted by Crippen LogP contribution is 2.20. The van der Waals surface area contributed by atoms with Crippen LogP contribution in [0.25, 0.3) is 0 Å². The first-order valence-corrected chi connectivity index (χ1v) is 7.21. The van der Waals surface area contributed by atoms with Crippen molar-refractivity contribution in [2.75, 3.05) is 18.5 Å². The van der Waals surface area contributed by atoms with Crippen molar-refractivity contribution in [3.8, 4) is 11.5 Å². The molecule has 2 nitrogen and oxygen atoms in total. The van der Waals surface area contributed by atoms with Crippen molar-refractivity contribution in [3.63, 3.8) is 0 Å². The Kier molecular flexibility index (Phi) is 6.41. The zero-order valence-corrected chi connectivity index (χ0v) is 12.4. The molecule has 0 spiro atoms. The molecule has 1 rings (SSSR count). The van der Waals surface area contributed by atoms with Gasteiger partial charge in [-0.15, -0.1) is 0 Å². The van der Waals surface area contributed by atoms with Gasteiger partial charge in [-0.2, -0.15) is 0 Å². The number of rotatable bonds is 7. The Labute approximate surface area is 112 Å². The number of hydrogen-bond donors (Lipinski definition) is 0. The van der Waals surface area contributed by atoms with Crippen LogP contribution in [0.1, 0.15) is 20.8 Å². The minimum absolute atomic E-state index is 0.543. The third kappa shape index (κ3) is 4.99. The summed E-state index contributed by atoms with van der Waals surface area (Å²) in [6, 6.07) is 7.79. The second-order valence-corrected chi connectivity index (χ2v) is 5.02. The Balaban J connectivity index is 2.46. The molecule has 0 aliphatic heterocycles. The van der Waals surface area contributed by atoms with Crippen molar-refractivity contribution >= 4 is 15.9 Å². The van der Waals surface area contributed by atoms with E-state index < -0.39 is 0 Å². The van der Waals surface area contributed by atoms with Gasteiger partial charge in [-0.1, -0.05) is 29.8 Å². The predicted molar refractivity (Wildman–Crippen MR) is 75.2 cm³/mol. The van der Waals surface area contributed by atoms with Gasteiger partial charge in [0.05, 0.1) is 13.2 Å². The normalized spacial score (nSPS) is 12.5. The second kappa shape index (κ2) is 7.59. The van der Waals surface area contributed by atoms with E-state index in [1.54, 1.807) is 0 Å². The molecule has 3 heteroatoms. The van der Waals surface area contributed by atoms with E-state index in [2.05, 4.69) is 29.8 Å². The van der Waals surface area contributed by atoms with Crippen molar-refractivity contribution in [2.45, 2.75) is 20.8 Å². The highest BCUT2D eigenvalue weighted by Gasteiger charge is 2.12. The summed E-state index contributed by atoms with van der Waals surface area (Å²) in [6.07, 6.45) is 0. The molecule has 0 aliphatic carbocycles. The predicted octanol–water partition coefficient (Wildman–Crippen LogP) is 4.13. The quantitative estimate of drug-likeness (QED) is 0.705. The standard InChI is InChI=1S/C14H21BrO2/c1-4-16-13-5-7-14(8-6-13)17-10-12(9-15)11(2)3/h5-8,11-12H,4,9-10H2,1-3H3. The van der Waals surface area contributed by atoms with Crippen LogP contribution in [0.2, 0.25) is 0 Å². The number of halogens is 1. The van der Waals surface area contributed by atoms with Gasteiger partial charge in [0.1, 0.15) is 11.5 Å². The van der Waals surface area contributed by atoms with Crippen LogP contribution in [0.4, 0.5) is 0 Å². The number of ether oxygens (including phenoxy) is 2. The van der Waals surface area contributed by atoms with Crippen LogP contribution < -0.4 is 9.47 Å². The Morgan fingerprint density at radius 3 is 2.00 bits per heavy atom. The van der Waals surface area contributed by atoms with Crippen molar-refractivity contribution in [2.24, 2.45) is 11.8 Å². The molecular weight excluding hydrogens is 280 g/mol. The molecule has 1 unspecified atom stereocenters. The lowest BCUT2D eigenvalue weighted by atomic mass is 9.99. The van der Waals surface area contributed by atoms with E-state index in [0.717, 1.165) is 23.4 Å². The van der Waals surface area contributed by atoms with Crippen LogP contribution in [0.15, 0.2) is 24.3 Å². The summed E-state index contributed by atoms with van der Waals surface area (Å²) in [4.78, 5) is 0. The minimum atomic E-state index is 0.543. The molecule has 0 fully saturated rings. The second-order valence-electron chi connectivity index (χ2n) is 4.37. The molecule has 17 heavy (non-hydrogen) atoms. The molecule has 0 saturated heterocycles. The lowest BCUT2D eigenvalue weighted by Gasteiger charge is -2.18. The summed E-state index contributed by atoms with van der Waals surface area (Å²) in [5.41, 5.74) is 0. The van der Waals surface area contributed by atoms with Crippen LogP contribution in [-0.2, 0) is 0 Å². The summed E-state index contributed by atoms with van der Waals surface area (Å²) in [6.45, 7) is 7.85. The fraction of sp³-hybridized carbons (Fsp3) is 0.571. The molecule has 0 N–H and O–H groups in total. The molecule has 1 aromatic carbocycles. The summed E-state index contributed by atoms with van der Waals surface area (Å²) in [5.74, 6) is 2.96. The van der Waals surface area contributed by atoms with Crippen LogP contribution in [0.3, 0.4) is 0 Å². The largest absolute Gasteiger partial charge is 0.494 e. The maximum atomic E-state index is 5.77. The van der Waals surface area contributed by atoms with Gasteiger partial charge in [0.2, 0.25) is 0 Å². The van der Waals surface area contributed by atoms with E-state index in [9.17, 15) is 0 Å². The van der Waals surface area contributed by atoms with Crippen molar-refractivity contribution < 1.29 is 9.47 Å². The van der Waals surface area contributed by atoms with E-state index in [1.807, 2.05) is 31.2 Å². The molecule has 1 atom stereocenters. The van der Waals surface area contributed by atoms with Crippen LogP contribution in [0, 0.1) is 11.8 Å². The van der Waals surface area contributed by atoms with Gasteiger partial charge in [0.15, 0.2) is 0 Å². The van der Waals surface area contributed by atoms with Gasteiger partial charge in [-0.25, -0.2) is 0 Å². The zero-order valence-electron chi connectivity index (χ0n) is 10.8. The third-order valence-electron chi connectivity index (χ3n) is 2.74. The fourth-order valence-electron chi connectivity index (χ4n) is 1.42. The smallest absolute Gasteiger partial charge is 0.119 e. The van der Waals surface area contributed by atoms with Gasteiger partial charge in [-0.3, -0.25) is 0 Å². The summed E-state index contributed by atoms with van der Waals surface area (Å²) in [7, 11) is 0. The van der Waals surface area contributed by atoms with Gasteiger partial charge < -0.3 is 9.47 Å². The number of hydrogen-bond acceptors (Lipinski definition) is 2. The molecule has 0 heterocycles. The molecule has 0 bridgehead atoms. The van der Waals surface area contributed by atoms with Gasteiger partial charge >= 0.3 is 0 Å². The van der Waals surface area contributed by atoms with Gasteiger partial charge in [0, 0.05) is 11.2 Å². The number of benzene rings is 1. The number of alkyl halides is 1. The summed E-state index contributed by atoms with van der Waals surface area (Å²) < 4.78 is 11.2. The monoisotopic (exact) mass is 300 g/mol. The Bertz CT molecular complexity index is 309. The van der Waals surface area contributed by atoms with Crippen molar-refractivity contribution in [3.05, 3.63) is 24.3 Å². The highest BCUT2D eigenvalue weighted by atomic mass is 79.9. The molecular formula is C14H21BrO2. The summed E-state index contributed by atoms with van der Waals surface area (Å²) in [5, 5.41) is 0.974. The first-order valence-electron chi connectivity index (χ1n) is 6.09. The lowest BCUT2D eigenvalue weighted by Crippen LogP contribution is -2.19. The SMILES string of the molecule is CCOc1ccc(OCC(CBr)C(C)C)cc1. The van der Waals surface area contributed by atoms with Gasteiger partial charge in [-0.05, 0) is 37.1 Å². The van der Waals surface area contributed by atoms with Crippen molar-refractivity contribution in [1.82, 2.24) is 0 Å². The van der Waals surface area contributed by atoms with E-state index in [1.165, 1.54) is 0 Å². The Hall–Kier alpha value is -0.700. The fourth-order valence-corrected chi connectivity index (χ4v) is 2.35.